The monoisotopic (exact) mass is 671 g/mol. The number of nitrogens with zero attached hydrogens (tertiary/aromatic N) is 3. The zero-order valence-corrected chi connectivity index (χ0v) is 31.1. The molecule has 0 saturated carbocycles. The summed E-state index contributed by atoms with van der Waals surface area (Å²) in [6.07, 6.45) is 0.935. The topological polar surface area (TPSA) is 201 Å². The molecule has 0 unspecified atom stereocenters. The van der Waals surface area contributed by atoms with Crippen LogP contribution in [-0.2, 0) is 25.7 Å². The van der Waals surface area contributed by atoms with Crippen molar-refractivity contribution in [3.63, 3.8) is 0 Å². The van der Waals surface area contributed by atoms with Gasteiger partial charge >= 0.3 is 59.1 Å². The van der Waals surface area contributed by atoms with Gasteiger partial charge in [0.25, 0.3) is 20.2 Å². The third-order valence-corrected chi connectivity index (χ3v) is 8.51. The van der Waals surface area contributed by atoms with E-state index in [4.69, 9.17) is 4.74 Å². The molecule has 16 heteroatoms. The second-order valence-corrected chi connectivity index (χ2v) is 13.0. The Balaban J connectivity index is 0.00000353. The smallest absolute Gasteiger partial charge is 0.870 e. The van der Waals surface area contributed by atoms with E-state index in [-0.39, 0.29) is 86.7 Å². The molecule has 0 aromatic heterocycles. The van der Waals surface area contributed by atoms with Gasteiger partial charge < -0.3 is 14.9 Å². The van der Waals surface area contributed by atoms with E-state index in [1.54, 1.807) is 30.3 Å². The molecule has 0 bridgehead atoms. The van der Waals surface area contributed by atoms with Crippen molar-refractivity contribution in [1.82, 2.24) is 0 Å². The van der Waals surface area contributed by atoms with Gasteiger partial charge in [-0.1, -0.05) is 50.8 Å². The first-order valence-corrected chi connectivity index (χ1v) is 15.7. The van der Waals surface area contributed by atoms with Crippen LogP contribution in [0.5, 0.6) is 17.2 Å². The molecule has 2 N–H and O–H groups in total. The van der Waals surface area contributed by atoms with Crippen molar-refractivity contribution in [1.29, 1.82) is 0 Å². The first-order chi connectivity index (χ1) is 20.0. The van der Waals surface area contributed by atoms with Crippen molar-refractivity contribution in [2.75, 3.05) is 0 Å². The van der Waals surface area contributed by atoms with E-state index >= 15 is 0 Å². The molecular weight excluding hydrogens is 644 g/mol. The summed E-state index contributed by atoms with van der Waals surface area (Å²) in [6, 6.07) is 16.2. The molecule has 0 aliphatic rings. The van der Waals surface area contributed by atoms with Crippen molar-refractivity contribution < 1.29 is 100 Å². The Kier molecular flexibility index (Phi) is 13.0. The molecule has 226 valence electrons. The van der Waals surface area contributed by atoms with E-state index in [0.717, 1.165) is 37.1 Å². The number of hydrogen-bond acceptors (Lipinski definition) is 10. The van der Waals surface area contributed by atoms with E-state index in [2.05, 4.69) is 36.0 Å². The first-order valence-electron chi connectivity index (χ1n) is 12.8. The van der Waals surface area contributed by atoms with Crippen LogP contribution >= 0.6 is 0 Å². The Hall–Kier alpha value is -2.37. The number of para-hydroxylation sites is 1. The largest absolute Gasteiger partial charge is 1.00 e. The quantitative estimate of drug-likeness (QED) is 0.0789. The maximum atomic E-state index is 13.6. The van der Waals surface area contributed by atoms with Crippen molar-refractivity contribution in [3.8, 4) is 17.2 Å². The molecule has 0 radical (unpaired) electrons. The van der Waals surface area contributed by atoms with Crippen LogP contribution in [0.1, 0.15) is 39.7 Å². The maximum absolute atomic E-state index is 13.6. The molecule has 0 aliphatic carbocycles. The molecule has 45 heavy (non-hydrogen) atoms. The Morgan fingerprint density at radius 2 is 1.51 bits per heavy atom. The van der Waals surface area contributed by atoms with Crippen LogP contribution in [-0.4, -0.2) is 31.8 Å². The summed E-state index contributed by atoms with van der Waals surface area (Å²) in [5.41, 5.74) is -0.0879. The van der Waals surface area contributed by atoms with Gasteiger partial charge in [-0.05, 0) is 78.1 Å². The fourth-order valence-electron chi connectivity index (χ4n) is 4.16. The molecular formula is C29H27N3Na2O9S2. The average molecular weight is 672 g/mol. The molecule has 4 aromatic carbocycles. The summed E-state index contributed by atoms with van der Waals surface area (Å²) in [5.74, 6) is -1.23. The minimum Gasteiger partial charge on any atom is -0.870 e. The molecule has 12 nitrogen and oxygen atoms in total. The number of rotatable bonds is 9. The zero-order chi connectivity index (χ0) is 31.7. The van der Waals surface area contributed by atoms with Gasteiger partial charge in [-0.25, -0.2) is 0 Å². The number of ether oxygens (including phenoxy) is 1. The average Bonchev–Trinajstić information content (AvgIpc) is 2.92. The molecule has 0 heterocycles. The van der Waals surface area contributed by atoms with Crippen molar-refractivity contribution in [2.24, 2.45) is 15.2 Å². The summed E-state index contributed by atoms with van der Waals surface area (Å²) in [4.78, 5) is 1.90. The summed E-state index contributed by atoms with van der Waals surface area (Å²) < 4.78 is 73.5. The molecule has 0 spiro atoms. The predicted molar refractivity (Wildman–Crippen MR) is 156 cm³/mol. The molecule has 4 rings (SSSR count). The molecule has 0 fully saturated rings. The van der Waals surface area contributed by atoms with Crippen molar-refractivity contribution in [2.45, 2.75) is 49.3 Å². The minimum absolute atomic E-state index is 0. The van der Waals surface area contributed by atoms with Gasteiger partial charge in [0, 0.05) is 5.39 Å². The Bertz CT molecular complexity index is 1990. The number of fused-ring (bicyclic) bond motifs is 1. The van der Waals surface area contributed by atoms with E-state index in [9.17, 15) is 36.2 Å². The Labute approximate surface area is 305 Å². The zero-order valence-electron chi connectivity index (χ0n) is 25.5. The summed E-state index contributed by atoms with van der Waals surface area (Å²) >= 11 is 0. The van der Waals surface area contributed by atoms with E-state index in [1.807, 2.05) is 12.1 Å². The van der Waals surface area contributed by atoms with Crippen LogP contribution in [0.4, 0.5) is 17.1 Å². The number of hydrogen-bond donors (Lipinski definition) is 2. The number of benzene rings is 4. The molecule has 0 aliphatic heterocycles. The number of aliphatic imine (C=N–C) groups is 1. The van der Waals surface area contributed by atoms with Gasteiger partial charge in [0.2, 0.25) is 0 Å². The minimum atomic E-state index is -5.11. The fraction of sp³-hybridized carbons (Fsp3) is 0.207. The van der Waals surface area contributed by atoms with E-state index in [1.165, 1.54) is 6.07 Å². The van der Waals surface area contributed by atoms with Gasteiger partial charge in [0.05, 0.1) is 16.3 Å². The molecule has 0 amide bonds. The second-order valence-electron chi connectivity index (χ2n) is 10.2. The van der Waals surface area contributed by atoms with Crippen LogP contribution in [0.2, 0.25) is 0 Å². The summed E-state index contributed by atoms with van der Waals surface area (Å²) in [5, 5.41) is 32.4. The van der Waals surface area contributed by atoms with Crippen LogP contribution in [0.3, 0.4) is 0 Å². The normalized spacial score (nSPS) is 12.5. The third-order valence-electron chi connectivity index (χ3n) is 6.81. The van der Waals surface area contributed by atoms with Gasteiger partial charge in [0.15, 0.2) is 5.75 Å². The predicted octanol–water partition coefficient (Wildman–Crippen LogP) is -0.280. The number of azo groups is 1. The molecule has 4 aromatic rings. The third kappa shape index (κ3) is 9.13. The van der Waals surface area contributed by atoms with Crippen LogP contribution in [0.25, 0.3) is 10.8 Å². The molecule has 0 atom stereocenters. The maximum Gasteiger partial charge on any atom is 1.00 e. The van der Waals surface area contributed by atoms with Crippen molar-refractivity contribution in [3.05, 3.63) is 72.3 Å². The van der Waals surface area contributed by atoms with Gasteiger partial charge in [-0.15, -0.1) is 10.2 Å². The van der Waals surface area contributed by atoms with Crippen LogP contribution < -0.4 is 74.1 Å². The second kappa shape index (κ2) is 15.0. The van der Waals surface area contributed by atoms with E-state index < -0.39 is 53.0 Å². The van der Waals surface area contributed by atoms with E-state index in [0.29, 0.717) is 5.75 Å². The van der Waals surface area contributed by atoms with Crippen molar-refractivity contribution >= 4 is 54.0 Å². The standard InChI is InChI=1S/C29H29N3O9S2.2Na/c1-5-29(3,4)19-10-12-20(13-11-19)41-24-9-7-6-8-22(24)31-32-27-25(43(38,39)40)15-18-14-21(42(35,36)37)16-23(30-17(2)33)26(18)28(27)34;;/h6-16,34H,5H2,1-4H3,(H,30,33)(H,35,36,37)(H,38,39,40);;/q;2*+1/p-2. The van der Waals surface area contributed by atoms with Gasteiger partial charge in [-0.3, -0.25) is 14.1 Å². The van der Waals surface area contributed by atoms with Gasteiger partial charge in [0.1, 0.15) is 16.3 Å². The van der Waals surface area contributed by atoms with Gasteiger partial charge in [-0.2, -0.15) is 16.8 Å². The summed E-state index contributed by atoms with van der Waals surface area (Å²) in [6.45, 7) is 7.39. The van der Waals surface area contributed by atoms with Crippen LogP contribution in [0.15, 0.2) is 91.7 Å². The fourth-order valence-corrected chi connectivity index (χ4v) is 5.35. The summed E-state index contributed by atoms with van der Waals surface area (Å²) in [7, 11) is -9.96. The SMILES string of the molecule is CCC(C)(C)c1ccc(Oc2ccccc2N=Nc2c(S(=O)(=O)O)cc3cc(S(=O)(=O)O)cc(N=C(C)[O-])c3c2[O-])cc1.[Na+].[Na+]. The van der Waals surface area contributed by atoms with Crippen LogP contribution in [0, 0.1) is 0 Å². The molecule has 0 saturated heterocycles. The first kappa shape index (κ1) is 38.8. The Morgan fingerprint density at radius 3 is 2.07 bits per heavy atom. The Morgan fingerprint density at radius 1 is 0.889 bits per heavy atom.